The molecule has 18 heteroatoms. The van der Waals surface area contributed by atoms with Crippen LogP contribution in [0.3, 0.4) is 0 Å². The fourth-order valence-corrected chi connectivity index (χ4v) is 16.5. The summed E-state index contributed by atoms with van der Waals surface area (Å²) >= 11 is 0. The van der Waals surface area contributed by atoms with Crippen LogP contribution in [0.25, 0.3) is 0 Å². The van der Waals surface area contributed by atoms with Gasteiger partial charge < -0.3 is 38.3 Å². The maximum Gasteiger partial charge on any atom is 0.347 e. The van der Waals surface area contributed by atoms with Crippen LogP contribution in [-0.4, -0.2) is 170 Å². The molecule has 494 valence electrons. The molecule has 18 nitrogen and oxygen atoms in total. The predicted molar refractivity (Wildman–Crippen MR) is 337 cm³/mol. The summed E-state index contributed by atoms with van der Waals surface area (Å²) in [5, 5.41) is 7.94. The smallest absolute Gasteiger partial charge is 0.347 e. The minimum atomic E-state index is -0.599. The Morgan fingerprint density at radius 1 is 0.442 bits per heavy atom. The van der Waals surface area contributed by atoms with Gasteiger partial charge in [-0.2, -0.15) is 20.3 Å². The number of benzene rings is 1. The molecule has 0 N–H and O–H groups in total. The Morgan fingerprint density at radius 3 is 1.00 bits per heavy atom. The summed E-state index contributed by atoms with van der Waals surface area (Å²) in [6.07, 6.45) is 6.03. The first-order chi connectivity index (χ1) is 39.1. The number of ketones is 2. The topological polar surface area (TPSA) is 175 Å². The molecular weight excluding hydrogens is 1090 g/mol. The molecule has 0 aliphatic carbocycles. The first-order valence-electron chi connectivity index (χ1n) is 31.6. The molecule has 6 rings (SSSR count). The van der Waals surface area contributed by atoms with Crippen LogP contribution in [0.4, 0.5) is 0 Å². The van der Waals surface area contributed by atoms with Gasteiger partial charge in [-0.15, -0.1) is 0 Å². The number of carbonyl (C=O) groups is 5. The number of rotatable bonds is 17. The van der Waals surface area contributed by atoms with Gasteiger partial charge in [0.25, 0.3) is 0 Å². The minimum Gasteiger partial charge on any atom is -0.478 e. The van der Waals surface area contributed by atoms with Crippen LogP contribution in [0.15, 0.2) is 18.2 Å². The van der Waals surface area contributed by atoms with Gasteiger partial charge >= 0.3 is 17.9 Å². The second kappa shape index (κ2) is 27.9. The van der Waals surface area contributed by atoms with Crippen molar-refractivity contribution in [3.63, 3.8) is 0 Å². The number of hydrogen-bond donors (Lipinski definition) is 0. The molecule has 86 heavy (non-hydrogen) atoms. The van der Waals surface area contributed by atoms with Crippen molar-refractivity contribution < 1.29 is 62.3 Å². The van der Waals surface area contributed by atoms with Gasteiger partial charge in [0.2, 0.25) is 0 Å². The number of hydrogen-bond acceptors (Lipinski definition) is 18. The minimum absolute atomic E-state index is 0.0112. The Labute approximate surface area is 519 Å². The van der Waals surface area contributed by atoms with E-state index in [0.29, 0.717) is 44.9 Å². The molecule has 0 bridgehead atoms. The Bertz CT molecular complexity index is 2410. The van der Waals surface area contributed by atoms with E-state index in [1.54, 1.807) is 28.4 Å². The summed E-state index contributed by atoms with van der Waals surface area (Å²) in [6.45, 7) is 48.1. The van der Waals surface area contributed by atoms with Crippen LogP contribution >= 0.6 is 0 Å². The van der Waals surface area contributed by atoms with Crippen molar-refractivity contribution in [2.24, 2.45) is 11.8 Å². The van der Waals surface area contributed by atoms with Crippen molar-refractivity contribution in [1.82, 2.24) is 25.2 Å². The van der Waals surface area contributed by atoms with Crippen molar-refractivity contribution in [2.45, 2.75) is 323 Å². The lowest BCUT2D eigenvalue weighted by molar-refractivity contribution is -0.278. The number of likely N-dealkylation sites (tertiary alicyclic amines) is 1. The third-order valence-electron chi connectivity index (χ3n) is 19.0. The van der Waals surface area contributed by atoms with E-state index in [1.807, 2.05) is 53.2 Å². The number of Topliss-reactive ketones (excluding diaryl/α,β-unsaturated/α-hetero) is 2. The molecule has 5 fully saturated rings. The lowest BCUT2D eigenvalue weighted by Crippen LogP contribution is -2.61. The molecule has 0 amide bonds. The lowest BCUT2D eigenvalue weighted by atomic mass is 9.72. The number of piperidine rings is 5. The molecule has 1 aromatic rings. The highest BCUT2D eigenvalue weighted by atomic mass is 16.7. The summed E-state index contributed by atoms with van der Waals surface area (Å²) in [4.78, 5) is 88.8. The van der Waals surface area contributed by atoms with Crippen LogP contribution in [0.5, 0.6) is 5.75 Å². The van der Waals surface area contributed by atoms with Crippen LogP contribution in [0, 0.1) is 25.7 Å². The first kappa shape index (κ1) is 74.9. The zero-order chi connectivity index (χ0) is 65.9. The van der Waals surface area contributed by atoms with Crippen LogP contribution in [0.2, 0.25) is 0 Å². The standard InChI is InChI=1S/C23H42N2O5.C23H42N2O4.C22H35NO4/c1-20(2)12-16(13-21(3,4)24(20)28-9)18(26)11-19(27)30-17-14-22(5,6)25(29-10)23(7,8)15-17;1-20(2)12-16(13-21(3,4)24(20)9)18(26)11-19(27)29-17-14-22(5,6)25(28-10)23(7,8)15-17;1-9-18(27-19-11-10-15(2)12-16(19)3)20(24)26-17-13-21(4,5)23(25-8)22(6,7)14-17/h16-17H,11-15H2,1-10H3;16-17H,11-15H2,1-10H3;10-12,17-18H,9,13-14H2,1-8H3. The van der Waals surface area contributed by atoms with Crippen molar-refractivity contribution >= 4 is 29.5 Å². The van der Waals surface area contributed by atoms with Crippen molar-refractivity contribution in [2.75, 3.05) is 35.5 Å². The van der Waals surface area contributed by atoms with Gasteiger partial charge in [0.05, 0.1) is 28.4 Å². The van der Waals surface area contributed by atoms with E-state index < -0.39 is 18.0 Å². The maximum atomic E-state index is 13.0. The normalized spacial score (nSPS) is 25.3. The molecule has 0 saturated carbocycles. The first-order valence-corrected chi connectivity index (χ1v) is 31.6. The molecule has 0 aromatic heterocycles. The lowest BCUT2D eigenvalue weighted by Gasteiger charge is -2.53. The molecule has 0 radical (unpaired) electrons. The van der Waals surface area contributed by atoms with Gasteiger partial charge in [-0.1, -0.05) is 24.6 Å². The summed E-state index contributed by atoms with van der Waals surface area (Å²) in [5.41, 5.74) is -0.0415. The van der Waals surface area contributed by atoms with E-state index in [9.17, 15) is 24.0 Å². The number of nitrogens with zero attached hydrogens (tertiary/aromatic N) is 5. The molecular formula is C68H119N5O13. The van der Waals surface area contributed by atoms with Crippen molar-refractivity contribution in [3.05, 3.63) is 29.3 Å². The number of aryl methyl sites for hydroxylation is 2. The zero-order valence-electron chi connectivity index (χ0n) is 58.9. The van der Waals surface area contributed by atoms with Crippen molar-refractivity contribution in [3.8, 4) is 5.75 Å². The van der Waals surface area contributed by atoms with E-state index >= 15 is 0 Å². The van der Waals surface area contributed by atoms with E-state index in [-0.39, 0.29) is 116 Å². The maximum absolute atomic E-state index is 13.0. The fourth-order valence-electron chi connectivity index (χ4n) is 16.5. The summed E-state index contributed by atoms with van der Waals surface area (Å²) in [6, 6.07) is 5.97. The average Bonchev–Trinajstić information content (AvgIpc) is 1.23. The average molecular weight is 1210 g/mol. The molecule has 0 spiro atoms. The number of hydroxylamine groups is 8. The van der Waals surface area contributed by atoms with Gasteiger partial charge in [-0.25, -0.2) is 4.79 Å². The summed E-state index contributed by atoms with van der Waals surface area (Å²) in [5.74, 6) is -0.690. The quantitative estimate of drug-likeness (QED) is 0.0817. The number of ether oxygens (including phenoxy) is 4. The summed E-state index contributed by atoms with van der Waals surface area (Å²) in [7, 11) is 8.83. The monoisotopic (exact) mass is 1210 g/mol. The van der Waals surface area contributed by atoms with Crippen LogP contribution < -0.4 is 4.74 Å². The molecule has 1 unspecified atom stereocenters. The van der Waals surface area contributed by atoms with E-state index in [1.165, 1.54) is 5.56 Å². The third-order valence-corrected chi connectivity index (χ3v) is 19.0. The molecule has 5 saturated heterocycles. The Morgan fingerprint density at radius 2 is 0.721 bits per heavy atom. The highest BCUT2D eigenvalue weighted by Gasteiger charge is 2.52. The van der Waals surface area contributed by atoms with Crippen LogP contribution in [-0.2, 0) is 57.5 Å². The molecule has 5 aliphatic heterocycles. The SMILES string of the molecule is CCC(Oc1ccc(C)cc1C)C(=O)OC1CC(C)(C)N(OC)C(C)(C)C1.CON1C(C)(C)CC(OC(=O)CC(=O)C2CC(C)(C)N(C)C(C)(C)C2)CC1(C)C.CON1C(C)(C)CC(OC(=O)CC(=O)C2CC(C)(C)N(OC)C(C)(C)C2)CC1(C)C. The van der Waals surface area contributed by atoms with E-state index in [4.69, 9.17) is 38.3 Å². The van der Waals surface area contributed by atoms with Gasteiger partial charge in [0.15, 0.2) is 6.10 Å². The highest BCUT2D eigenvalue weighted by Crippen LogP contribution is 2.46. The Kier molecular flexibility index (Phi) is 24.3. The molecule has 5 heterocycles. The highest BCUT2D eigenvalue weighted by molar-refractivity contribution is 5.97. The fraction of sp³-hybridized carbons (Fsp3) is 0.838. The number of carbonyl (C=O) groups excluding carboxylic acids is 5. The van der Waals surface area contributed by atoms with E-state index in [0.717, 1.165) is 37.0 Å². The van der Waals surface area contributed by atoms with Gasteiger partial charge in [0, 0.05) is 106 Å². The largest absolute Gasteiger partial charge is 0.478 e. The summed E-state index contributed by atoms with van der Waals surface area (Å²) < 4.78 is 23.5. The molecule has 1 atom stereocenters. The van der Waals surface area contributed by atoms with Gasteiger partial charge in [-0.05, 0) is 203 Å². The zero-order valence-corrected chi connectivity index (χ0v) is 58.9. The van der Waals surface area contributed by atoms with Crippen molar-refractivity contribution in [1.29, 1.82) is 0 Å². The predicted octanol–water partition coefficient (Wildman–Crippen LogP) is 12.5. The second-order valence-electron chi connectivity index (χ2n) is 31.9. The number of esters is 3. The van der Waals surface area contributed by atoms with Gasteiger partial charge in [0.1, 0.15) is 48.5 Å². The third kappa shape index (κ3) is 18.5. The van der Waals surface area contributed by atoms with E-state index in [2.05, 4.69) is 156 Å². The Hall–Kier alpha value is -3.59. The Balaban J connectivity index is 0.000000277. The van der Waals surface area contributed by atoms with Crippen LogP contribution in [0.1, 0.15) is 240 Å². The van der Waals surface area contributed by atoms with Gasteiger partial charge in [-0.3, -0.25) is 24.1 Å². The molecule has 1 aromatic carbocycles. The molecule has 5 aliphatic rings. The second-order valence-corrected chi connectivity index (χ2v) is 31.9.